The smallest absolute Gasteiger partial charge is 0.260 e. The average molecular weight is 389 g/mol. The molecule has 6 heteroatoms. The van der Waals surface area contributed by atoms with E-state index in [4.69, 9.17) is 0 Å². The minimum atomic E-state index is -0.549. The van der Waals surface area contributed by atoms with Crippen molar-refractivity contribution in [3.05, 3.63) is 95.6 Å². The predicted octanol–water partition coefficient (Wildman–Crippen LogP) is 4.19. The minimum Gasteiger partial charge on any atom is -0.350 e. The van der Waals surface area contributed by atoms with Crippen LogP contribution in [0.2, 0.25) is 0 Å². The van der Waals surface area contributed by atoms with Gasteiger partial charge >= 0.3 is 0 Å². The molecule has 0 radical (unpaired) electrons. The van der Waals surface area contributed by atoms with E-state index >= 15 is 0 Å². The molecule has 4 rings (SSSR count). The van der Waals surface area contributed by atoms with E-state index in [0.717, 1.165) is 5.56 Å². The number of anilines is 1. The summed E-state index contributed by atoms with van der Waals surface area (Å²) in [5.41, 5.74) is 2.55. The molecule has 1 aliphatic heterocycles. The van der Waals surface area contributed by atoms with Crippen LogP contribution in [-0.2, 0) is 4.79 Å². The lowest BCUT2D eigenvalue weighted by molar-refractivity contribution is -0.122. The highest BCUT2D eigenvalue weighted by atomic mass is 19.1. The van der Waals surface area contributed by atoms with Gasteiger partial charge in [-0.05, 0) is 48.9 Å². The number of carbonyl (C=O) groups excluding carboxylic acids is 2. The average Bonchev–Trinajstić information content (AvgIpc) is 3.01. The highest BCUT2D eigenvalue weighted by Crippen LogP contribution is 2.38. The summed E-state index contributed by atoms with van der Waals surface area (Å²) in [5.74, 6) is -0.819. The van der Waals surface area contributed by atoms with Crippen LogP contribution in [0.4, 0.5) is 10.1 Å². The number of aromatic nitrogens is 1. The van der Waals surface area contributed by atoms with E-state index in [1.165, 1.54) is 29.2 Å². The Hall–Kier alpha value is -3.54. The summed E-state index contributed by atoms with van der Waals surface area (Å²) in [6.07, 6.45) is 1.67. The van der Waals surface area contributed by atoms with Gasteiger partial charge in [-0.15, -0.1) is 0 Å². The molecule has 1 aliphatic rings. The maximum Gasteiger partial charge on any atom is 0.260 e. The van der Waals surface area contributed by atoms with E-state index in [0.29, 0.717) is 16.9 Å². The fourth-order valence-corrected chi connectivity index (χ4v) is 3.65. The number of fused-ring (bicyclic) bond motifs is 1. The molecular formula is C23H20FN3O2. The van der Waals surface area contributed by atoms with Gasteiger partial charge in [-0.25, -0.2) is 4.39 Å². The van der Waals surface area contributed by atoms with E-state index in [9.17, 15) is 14.0 Å². The number of nitrogens with zero attached hydrogens (tertiary/aromatic N) is 2. The lowest BCUT2D eigenvalue weighted by Gasteiger charge is -2.25. The number of amides is 2. The van der Waals surface area contributed by atoms with E-state index < -0.39 is 6.04 Å². The van der Waals surface area contributed by atoms with Crippen LogP contribution in [-0.4, -0.2) is 16.8 Å². The van der Waals surface area contributed by atoms with Gasteiger partial charge in [0.05, 0.1) is 29.8 Å². The first-order valence-electron chi connectivity index (χ1n) is 9.43. The van der Waals surface area contributed by atoms with E-state index in [1.54, 1.807) is 18.3 Å². The molecule has 0 saturated carbocycles. The van der Waals surface area contributed by atoms with Crippen molar-refractivity contribution >= 4 is 17.5 Å². The van der Waals surface area contributed by atoms with Gasteiger partial charge in [0.1, 0.15) is 5.82 Å². The van der Waals surface area contributed by atoms with Crippen molar-refractivity contribution in [2.24, 2.45) is 0 Å². The molecule has 2 aromatic carbocycles. The quantitative estimate of drug-likeness (QED) is 0.712. The second-order valence-electron chi connectivity index (χ2n) is 7.01. The summed E-state index contributed by atoms with van der Waals surface area (Å²) < 4.78 is 13.4. The topological polar surface area (TPSA) is 62.3 Å². The van der Waals surface area contributed by atoms with Crippen molar-refractivity contribution in [3.63, 3.8) is 0 Å². The Morgan fingerprint density at radius 3 is 2.55 bits per heavy atom. The number of carbonyl (C=O) groups is 2. The number of hydrogen-bond acceptors (Lipinski definition) is 3. The van der Waals surface area contributed by atoms with Crippen molar-refractivity contribution < 1.29 is 14.0 Å². The van der Waals surface area contributed by atoms with E-state index in [1.807, 2.05) is 37.3 Å². The van der Waals surface area contributed by atoms with Crippen molar-refractivity contribution in [3.8, 4) is 0 Å². The number of rotatable bonds is 5. The summed E-state index contributed by atoms with van der Waals surface area (Å²) in [6, 6.07) is 18.0. The molecule has 2 heterocycles. The molecule has 0 spiro atoms. The lowest BCUT2D eigenvalue weighted by atomic mass is 10.1. The molecule has 2 amide bonds. The number of hydrogen-bond donors (Lipinski definition) is 1. The zero-order valence-electron chi connectivity index (χ0n) is 15.9. The van der Waals surface area contributed by atoms with Crippen LogP contribution in [0.3, 0.4) is 0 Å². The molecule has 0 fully saturated rings. The molecule has 0 saturated heterocycles. The molecule has 2 atom stereocenters. The Labute approximate surface area is 168 Å². The van der Waals surface area contributed by atoms with Crippen LogP contribution in [0.25, 0.3) is 0 Å². The second kappa shape index (κ2) is 7.83. The van der Waals surface area contributed by atoms with Gasteiger partial charge in [0.2, 0.25) is 5.91 Å². The van der Waals surface area contributed by atoms with Crippen LogP contribution >= 0.6 is 0 Å². The third-order valence-electron chi connectivity index (χ3n) is 5.08. The highest BCUT2D eigenvalue weighted by molar-refractivity contribution is 6.11. The Balaban J connectivity index is 1.59. The number of pyridine rings is 1. The normalized spacial score (nSPS) is 16.4. The molecule has 1 N–H and O–H groups in total. The van der Waals surface area contributed by atoms with Crippen molar-refractivity contribution in [1.29, 1.82) is 0 Å². The summed E-state index contributed by atoms with van der Waals surface area (Å²) in [5, 5.41) is 2.99. The Morgan fingerprint density at radius 1 is 1.10 bits per heavy atom. The van der Waals surface area contributed by atoms with Gasteiger partial charge in [-0.2, -0.15) is 0 Å². The highest BCUT2D eigenvalue weighted by Gasteiger charge is 2.40. The molecule has 5 nitrogen and oxygen atoms in total. The Bertz CT molecular complexity index is 1040. The third-order valence-corrected chi connectivity index (χ3v) is 5.08. The van der Waals surface area contributed by atoms with Crippen LogP contribution in [0.5, 0.6) is 0 Å². The Kier molecular flexibility index (Phi) is 5.08. The molecule has 0 bridgehead atoms. The van der Waals surface area contributed by atoms with Gasteiger partial charge < -0.3 is 5.32 Å². The number of halogens is 1. The van der Waals surface area contributed by atoms with Crippen LogP contribution in [0, 0.1) is 5.82 Å². The molecule has 2 unspecified atom stereocenters. The molecule has 146 valence electrons. The first-order chi connectivity index (χ1) is 14.0. The predicted molar refractivity (Wildman–Crippen MR) is 108 cm³/mol. The minimum absolute atomic E-state index is 0.0598. The fourth-order valence-electron chi connectivity index (χ4n) is 3.65. The standard InChI is InChI=1S/C23H20FN3O2/c1-15(16-6-3-2-4-7-16)26-21(28)14-20-22-19(8-5-13-25-22)23(29)27(20)18-11-9-17(24)10-12-18/h2-13,15,20H,14H2,1H3,(H,26,28). The van der Waals surface area contributed by atoms with Crippen LogP contribution in [0.15, 0.2) is 72.9 Å². The molecule has 0 aliphatic carbocycles. The zero-order chi connectivity index (χ0) is 20.4. The summed E-state index contributed by atoms with van der Waals surface area (Å²) in [7, 11) is 0. The van der Waals surface area contributed by atoms with Gasteiger partial charge in [-0.1, -0.05) is 30.3 Å². The second-order valence-corrected chi connectivity index (χ2v) is 7.01. The van der Waals surface area contributed by atoms with Crippen molar-refractivity contribution in [2.75, 3.05) is 4.90 Å². The fraction of sp³-hybridized carbons (Fsp3) is 0.174. The van der Waals surface area contributed by atoms with Crippen LogP contribution < -0.4 is 10.2 Å². The lowest BCUT2D eigenvalue weighted by Crippen LogP contribution is -2.34. The first kappa shape index (κ1) is 18.8. The maximum atomic E-state index is 13.4. The summed E-state index contributed by atoms with van der Waals surface area (Å²) >= 11 is 0. The Morgan fingerprint density at radius 2 is 1.83 bits per heavy atom. The summed E-state index contributed by atoms with van der Waals surface area (Å²) in [6.45, 7) is 1.91. The molecule has 3 aromatic rings. The van der Waals surface area contributed by atoms with E-state index in [-0.39, 0.29) is 30.1 Å². The number of benzene rings is 2. The monoisotopic (exact) mass is 389 g/mol. The van der Waals surface area contributed by atoms with Gasteiger partial charge in [0.25, 0.3) is 5.91 Å². The van der Waals surface area contributed by atoms with Gasteiger partial charge in [0.15, 0.2) is 0 Å². The summed E-state index contributed by atoms with van der Waals surface area (Å²) in [4.78, 5) is 31.6. The van der Waals surface area contributed by atoms with Gasteiger partial charge in [-0.3, -0.25) is 19.5 Å². The molecule has 1 aromatic heterocycles. The number of nitrogens with one attached hydrogen (secondary N) is 1. The third kappa shape index (κ3) is 3.74. The van der Waals surface area contributed by atoms with Gasteiger partial charge in [0, 0.05) is 11.9 Å². The zero-order valence-corrected chi connectivity index (χ0v) is 15.9. The van der Waals surface area contributed by atoms with Crippen molar-refractivity contribution in [1.82, 2.24) is 10.3 Å². The van der Waals surface area contributed by atoms with Crippen molar-refractivity contribution in [2.45, 2.75) is 25.4 Å². The SMILES string of the molecule is CC(NC(=O)CC1c2ncccc2C(=O)N1c1ccc(F)cc1)c1ccccc1. The maximum absolute atomic E-state index is 13.4. The van der Waals surface area contributed by atoms with E-state index in [2.05, 4.69) is 10.3 Å². The largest absolute Gasteiger partial charge is 0.350 e. The molecule has 29 heavy (non-hydrogen) atoms. The first-order valence-corrected chi connectivity index (χ1v) is 9.43. The molecular weight excluding hydrogens is 369 g/mol. The van der Waals surface area contributed by atoms with Crippen LogP contribution in [0.1, 0.15) is 47.0 Å².